The van der Waals surface area contributed by atoms with Crippen LogP contribution in [-0.4, -0.2) is 71.0 Å². The maximum atomic E-state index is 11.8. The van der Waals surface area contributed by atoms with Crippen LogP contribution in [0.1, 0.15) is 96.8 Å². The van der Waals surface area contributed by atoms with E-state index >= 15 is 0 Å². The molecule has 0 rings (SSSR count). The highest BCUT2D eigenvalue weighted by atomic mass is 16.5. The molecule has 0 aromatic rings. The lowest BCUT2D eigenvalue weighted by atomic mass is 10.0. The number of ether oxygens (including phenoxy) is 1. The number of unbranched alkanes of at least 4 members (excludes halogenated alkanes) is 11. The number of hydrogen-bond donors (Lipinski definition) is 5. The number of rotatable bonds is 22. The van der Waals surface area contributed by atoms with Crippen molar-refractivity contribution in [2.24, 2.45) is 0 Å². The van der Waals surface area contributed by atoms with E-state index in [-0.39, 0.29) is 13.0 Å². The van der Waals surface area contributed by atoms with Gasteiger partial charge in [0.05, 0.1) is 6.10 Å². The van der Waals surface area contributed by atoms with Gasteiger partial charge in [-0.25, -0.2) is 0 Å². The van der Waals surface area contributed by atoms with Crippen LogP contribution < -0.4 is 5.32 Å². The van der Waals surface area contributed by atoms with Crippen molar-refractivity contribution in [1.82, 2.24) is 5.32 Å². The molecule has 7 nitrogen and oxygen atoms in total. The summed E-state index contributed by atoms with van der Waals surface area (Å²) in [4.78, 5) is 11.8. The van der Waals surface area contributed by atoms with Gasteiger partial charge in [0.1, 0.15) is 24.9 Å². The van der Waals surface area contributed by atoms with Crippen LogP contribution in [0.3, 0.4) is 0 Å². The van der Waals surface area contributed by atoms with Crippen molar-refractivity contribution >= 4 is 5.97 Å². The molecule has 0 aromatic carbocycles. The van der Waals surface area contributed by atoms with E-state index in [1.54, 1.807) is 7.05 Å². The van der Waals surface area contributed by atoms with Crippen molar-refractivity contribution in [2.75, 3.05) is 20.2 Å². The van der Waals surface area contributed by atoms with Gasteiger partial charge in [-0.15, -0.1) is 0 Å². The van der Waals surface area contributed by atoms with Crippen molar-refractivity contribution in [3.8, 4) is 0 Å². The molecule has 0 aromatic heterocycles. The number of likely N-dealkylation sites (N-methyl/N-ethyl adjacent to an activating group) is 1. The van der Waals surface area contributed by atoms with Crippen molar-refractivity contribution in [1.29, 1.82) is 0 Å². The van der Waals surface area contributed by atoms with Crippen LogP contribution in [0.4, 0.5) is 0 Å². The van der Waals surface area contributed by atoms with Crippen LogP contribution in [0, 0.1) is 0 Å². The maximum absolute atomic E-state index is 11.8. The maximum Gasteiger partial charge on any atom is 0.305 e. The third kappa shape index (κ3) is 17.6. The first-order valence-corrected chi connectivity index (χ1v) is 12.6. The fourth-order valence-corrected chi connectivity index (χ4v) is 3.47. The second kappa shape index (κ2) is 21.8. The van der Waals surface area contributed by atoms with Crippen LogP contribution in [0.15, 0.2) is 12.2 Å². The molecule has 4 atom stereocenters. The molecule has 190 valence electrons. The van der Waals surface area contributed by atoms with Gasteiger partial charge >= 0.3 is 5.97 Å². The van der Waals surface area contributed by atoms with E-state index < -0.39 is 37.0 Å². The number of carbonyl (C=O) groups excluding carboxylic acids is 1. The van der Waals surface area contributed by atoms with Gasteiger partial charge in [0.2, 0.25) is 0 Å². The highest BCUT2D eigenvalue weighted by Crippen LogP contribution is 2.11. The molecule has 5 N–H and O–H groups in total. The molecule has 0 bridgehead atoms. The molecule has 0 heterocycles. The molecule has 32 heavy (non-hydrogen) atoms. The fraction of sp³-hybridized carbons (Fsp3) is 0.880. The Morgan fingerprint density at radius 3 is 1.84 bits per heavy atom. The van der Waals surface area contributed by atoms with E-state index in [1.807, 2.05) is 0 Å². The molecule has 0 aliphatic heterocycles. The smallest absolute Gasteiger partial charge is 0.305 e. The molecule has 0 aliphatic carbocycles. The van der Waals surface area contributed by atoms with Gasteiger partial charge < -0.3 is 30.5 Å². The Balaban J connectivity index is 3.59. The Labute approximate surface area is 195 Å². The Hall–Kier alpha value is -0.990. The van der Waals surface area contributed by atoms with Crippen molar-refractivity contribution in [2.45, 2.75) is 121 Å². The summed E-state index contributed by atoms with van der Waals surface area (Å²) in [7, 11) is 1.59. The van der Waals surface area contributed by atoms with Gasteiger partial charge in [-0.1, -0.05) is 70.4 Å². The minimum Gasteiger partial charge on any atom is -0.463 e. The summed E-state index contributed by atoms with van der Waals surface area (Å²) in [6.45, 7) is 1.90. The zero-order chi connectivity index (χ0) is 24.0. The predicted octanol–water partition coefficient (Wildman–Crippen LogP) is 3.23. The van der Waals surface area contributed by atoms with E-state index in [4.69, 9.17) is 4.74 Å². The van der Waals surface area contributed by atoms with Gasteiger partial charge in [0.15, 0.2) is 0 Å². The van der Waals surface area contributed by atoms with Crippen LogP contribution in [-0.2, 0) is 9.53 Å². The van der Waals surface area contributed by atoms with Crippen LogP contribution in [0.25, 0.3) is 0 Å². The highest BCUT2D eigenvalue weighted by Gasteiger charge is 2.30. The van der Waals surface area contributed by atoms with Crippen molar-refractivity contribution < 1.29 is 30.0 Å². The van der Waals surface area contributed by atoms with Crippen molar-refractivity contribution in [3.63, 3.8) is 0 Å². The first-order chi connectivity index (χ1) is 15.4. The molecule has 0 radical (unpaired) electrons. The number of aliphatic hydroxyl groups is 4. The minimum absolute atomic E-state index is 0.0697. The van der Waals surface area contributed by atoms with Crippen LogP contribution in [0.5, 0.6) is 0 Å². The SMILES string of the molecule is CCCCCCCC/C=C\CCCCCCCC(=O)OC[C@@H](O)[C@@H](O)[C@H](O)[C@@H](O)CNC. The molecule has 0 fully saturated rings. The molecule has 7 heteroatoms. The third-order valence-electron chi connectivity index (χ3n) is 5.61. The van der Waals surface area contributed by atoms with Crippen LogP contribution >= 0.6 is 0 Å². The van der Waals surface area contributed by atoms with E-state index in [2.05, 4.69) is 24.4 Å². The molecule has 0 spiro atoms. The van der Waals surface area contributed by atoms with Gasteiger partial charge in [-0.05, 0) is 39.2 Å². The summed E-state index contributed by atoms with van der Waals surface area (Å²) in [6, 6.07) is 0. The van der Waals surface area contributed by atoms with E-state index in [0.29, 0.717) is 0 Å². The second-order valence-corrected chi connectivity index (χ2v) is 8.69. The quantitative estimate of drug-likeness (QED) is 0.0958. The largest absolute Gasteiger partial charge is 0.463 e. The lowest BCUT2D eigenvalue weighted by Gasteiger charge is -2.26. The Morgan fingerprint density at radius 1 is 0.781 bits per heavy atom. The van der Waals surface area contributed by atoms with E-state index in [1.165, 1.54) is 51.4 Å². The Morgan fingerprint density at radius 2 is 1.28 bits per heavy atom. The van der Waals surface area contributed by atoms with E-state index in [9.17, 15) is 25.2 Å². The number of allylic oxidation sites excluding steroid dienone is 2. The lowest BCUT2D eigenvalue weighted by molar-refractivity contribution is -0.154. The highest BCUT2D eigenvalue weighted by molar-refractivity contribution is 5.69. The number of carbonyl (C=O) groups is 1. The average Bonchev–Trinajstić information content (AvgIpc) is 2.79. The molecular formula is C25H49NO6. The van der Waals surface area contributed by atoms with Crippen molar-refractivity contribution in [3.05, 3.63) is 12.2 Å². The second-order valence-electron chi connectivity index (χ2n) is 8.69. The molecule has 0 aliphatic rings. The zero-order valence-corrected chi connectivity index (χ0v) is 20.4. The number of hydrogen-bond acceptors (Lipinski definition) is 7. The number of nitrogens with one attached hydrogen (secondary N) is 1. The average molecular weight is 460 g/mol. The zero-order valence-electron chi connectivity index (χ0n) is 20.4. The monoisotopic (exact) mass is 459 g/mol. The van der Waals surface area contributed by atoms with E-state index in [0.717, 1.165) is 32.1 Å². The summed E-state index contributed by atoms with van der Waals surface area (Å²) in [6.07, 6.45) is 14.5. The first kappa shape index (κ1) is 31.0. The molecule has 0 saturated heterocycles. The summed E-state index contributed by atoms with van der Waals surface area (Å²) >= 11 is 0. The van der Waals surface area contributed by atoms with Gasteiger partial charge in [-0.2, -0.15) is 0 Å². The third-order valence-corrected chi connectivity index (χ3v) is 5.61. The van der Waals surface area contributed by atoms with Gasteiger partial charge in [-0.3, -0.25) is 4.79 Å². The molecule has 0 unspecified atom stereocenters. The predicted molar refractivity (Wildman–Crippen MR) is 128 cm³/mol. The first-order valence-electron chi connectivity index (χ1n) is 12.6. The molecule has 0 saturated carbocycles. The number of aliphatic hydroxyl groups excluding tert-OH is 4. The Kier molecular flexibility index (Phi) is 21.2. The summed E-state index contributed by atoms with van der Waals surface area (Å²) in [5, 5.41) is 41.7. The van der Waals surface area contributed by atoms with Gasteiger partial charge in [0, 0.05) is 13.0 Å². The normalized spacial score (nSPS) is 15.6. The molecular weight excluding hydrogens is 410 g/mol. The topological polar surface area (TPSA) is 119 Å². The summed E-state index contributed by atoms with van der Waals surface area (Å²) < 4.78 is 4.97. The van der Waals surface area contributed by atoms with Crippen LogP contribution in [0.2, 0.25) is 0 Å². The number of esters is 1. The van der Waals surface area contributed by atoms with Gasteiger partial charge in [0.25, 0.3) is 0 Å². The Bertz CT molecular complexity index is 460. The lowest BCUT2D eigenvalue weighted by Crippen LogP contribution is -2.49. The summed E-state index contributed by atoms with van der Waals surface area (Å²) in [5.41, 5.74) is 0. The summed E-state index contributed by atoms with van der Waals surface area (Å²) in [5.74, 6) is -0.431. The minimum atomic E-state index is -1.59. The fourth-order valence-electron chi connectivity index (χ4n) is 3.47. The standard InChI is InChI=1S/C25H49NO6/c1-3-4-5-6-7-8-9-10-11-12-13-14-15-16-17-18-23(29)32-20-22(28)25(31)24(30)21(27)19-26-2/h10-11,21-22,24-28,30-31H,3-9,12-20H2,1-2H3/b11-10-/t21-,22+,24+,25+/m0/s1. The molecule has 0 amide bonds.